The second kappa shape index (κ2) is 14.0. The number of rotatable bonds is 12. The summed E-state index contributed by atoms with van der Waals surface area (Å²) in [4.78, 5) is 40.1. The fourth-order valence-electron chi connectivity index (χ4n) is 4.91. The summed E-state index contributed by atoms with van der Waals surface area (Å²) in [5.74, 6) is -0.634. The Morgan fingerprint density at radius 2 is 1.45 bits per heavy atom. The van der Waals surface area contributed by atoms with Crippen molar-refractivity contribution in [3.05, 3.63) is 100 Å². The van der Waals surface area contributed by atoms with Gasteiger partial charge in [-0.05, 0) is 80.5 Å². The first kappa shape index (κ1) is 32.1. The van der Waals surface area contributed by atoms with Gasteiger partial charge in [0.2, 0.25) is 11.8 Å². The van der Waals surface area contributed by atoms with E-state index in [9.17, 15) is 24.6 Å². The standard InChI is InChI=1S/C33H42N4O5/c1-21-16-29(38)23(3)22(2)26(21)18-27(34)30(39)36-33(4,5)20-35-31(40)28(17-24-12-8-6-9-13-24)37(32(41)42)19-25-14-10-7-11-15-25/h6-16,27-28,38H,17-20,34H2,1-5H3,(H,35,40)(H,36,39)(H,41,42)/t27?,28-/m0/s1. The summed E-state index contributed by atoms with van der Waals surface area (Å²) in [5.41, 5.74) is 10.4. The van der Waals surface area contributed by atoms with Crippen molar-refractivity contribution >= 4 is 17.9 Å². The number of carbonyl (C=O) groups excluding carboxylic acids is 2. The molecule has 0 aliphatic carbocycles. The Kier molecular flexibility index (Phi) is 10.7. The van der Waals surface area contributed by atoms with E-state index in [-0.39, 0.29) is 31.2 Å². The lowest BCUT2D eigenvalue weighted by Gasteiger charge is -2.32. The van der Waals surface area contributed by atoms with E-state index >= 15 is 0 Å². The van der Waals surface area contributed by atoms with Crippen LogP contribution in [0.5, 0.6) is 5.75 Å². The zero-order chi connectivity index (χ0) is 31.0. The number of nitrogens with two attached hydrogens (primary N) is 1. The minimum atomic E-state index is -1.21. The summed E-state index contributed by atoms with van der Waals surface area (Å²) in [7, 11) is 0. The number of carboxylic acid groups (broad SMARTS) is 1. The maximum atomic E-state index is 13.6. The molecule has 0 saturated carbocycles. The number of phenolic OH excluding ortho intramolecular Hbond substituents is 1. The van der Waals surface area contributed by atoms with Gasteiger partial charge in [-0.2, -0.15) is 0 Å². The third kappa shape index (κ3) is 8.57. The molecule has 3 rings (SSSR count). The van der Waals surface area contributed by atoms with E-state index in [1.165, 1.54) is 0 Å². The van der Waals surface area contributed by atoms with Crippen LogP contribution in [-0.2, 0) is 29.0 Å². The van der Waals surface area contributed by atoms with Crippen LogP contribution >= 0.6 is 0 Å². The first-order valence-corrected chi connectivity index (χ1v) is 14.0. The van der Waals surface area contributed by atoms with Gasteiger partial charge in [0.1, 0.15) is 11.8 Å². The van der Waals surface area contributed by atoms with Gasteiger partial charge < -0.3 is 26.6 Å². The number of aryl methyl sites for hydroxylation is 1. The summed E-state index contributed by atoms with van der Waals surface area (Å²) in [6.07, 6.45) is -0.725. The molecule has 1 unspecified atom stereocenters. The maximum Gasteiger partial charge on any atom is 0.408 e. The number of hydrogen-bond acceptors (Lipinski definition) is 5. The highest BCUT2D eigenvalue weighted by Gasteiger charge is 2.32. The van der Waals surface area contributed by atoms with Gasteiger partial charge in [0, 0.05) is 19.5 Å². The molecule has 0 bridgehead atoms. The van der Waals surface area contributed by atoms with Crippen molar-refractivity contribution in [3.63, 3.8) is 0 Å². The van der Waals surface area contributed by atoms with Crippen LogP contribution < -0.4 is 16.4 Å². The van der Waals surface area contributed by atoms with Crippen LogP contribution in [0.3, 0.4) is 0 Å². The topological polar surface area (TPSA) is 145 Å². The minimum absolute atomic E-state index is 0.0473. The molecule has 0 aliphatic rings. The van der Waals surface area contributed by atoms with Gasteiger partial charge in [0.05, 0.1) is 11.6 Å². The van der Waals surface area contributed by atoms with Crippen molar-refractivity contribution in [3.8, 4) is 5.75 Å². The number of hydrogen-bond donors (Lipinski definition) is 5. The number of benzene rings is 3. The van der Waals surface area contributed by atoms with Gasteiger partial charge >= 0.3 is 6.09 Å². The van der Waals surface area contributed by atoms with Gasteiger partial charge in [-0.1, -0.05) is 60.7 Å². The van der Waals surface area contributed by atoms with E-state index in [0.29, 0.717) is 6.42 Å². The third-order valence-corrected chi connectivity index (χ3v) is 7.55. The Hall–Kier alpha value is -4.37. The zero-order valence-corrected chi connectivity index (χ0v) is 25.0. The second-order valence-corrected chi connectivity index (χ2v) is 11.4. The SMILES string of the molecule is Cc1cc(O)c(C)c(C)c1CC(N)C(=O)NC(C)(C)CNC(=O)[C@H](Cc1ccccc1)N(Cc1ccccc1)C(=O)O. The summed E-state index contributed by atoms with van der Waals surface area (Å²) < 4.78 is 0. The molecule has 9 nitrogen and oxygen atoms in total. The molecule has 0 aromatic heterocycles. The number of phenols is 1. The Morgan fingerprint density at radius 3 is 2.02 bits per heavy atom. The Morgan fingerprint density at radius 1 is 0.881 bits per heavy atom. The lowest BCUT2D eigenvalue weighted by atomic mass is 9.92. The fraction of sp³-hybridized carbons (Fsp3) is 0.364. The third-order valence-electron chi connectivity index (χ3n) is 7.55. The average molecular weight is 575 g/mol. The van der Waals surface area contributed by atoms with Crippen molar-refractivity contribution in [2.45, 2.75) is 71.6 Å². The van der Waals surface area contributed by atoms with Crippen LogP contribution in [0.1, 0.15) is 47.2 Å². The molecule has 9 heteroatoms. The summed E-state index contributed by atoms with van der Waals surface area (Å²) in [6.45, 7) is 9.23. The van der Waals surface area contributed by atoms with Crippen molar-refractivity contribution in [2.24, 2.45) is 5.73 Å². The Balaban J connectivity index is 1.71. The van der Waals surface area contributed by atoms with Crippen LogP contribution in [0.15, 0.2) is 66.7 Å². The number of aromatic hydroxyl groups is 1. The molecule has 0 radical (unpaired) electrons. The molecule has 3 aromatic carbocycles. The smallest absolute Gasteiger partial charge is 0.408 e. The molecule has 0 aliphatic heterocycles. The minimum Gasteiger partial charge on any atom is -0.508 e. The summed E-state index contributed by atoms with van der Waals surface area (Å²) in [6, 6.07) is 18.2. The number of nitrogens with one attached hydrogen (secondary N) is 2. The van der Waals surface area contributed by atoms with Crippen molar-refractivity contribution in [1.82, 2.24) is 15.5 Å². The normalized spacial score (nSPS) is 12.7. The predicted octanol–water partition coefficient (Wildman–Crippen LogP) is 3.99. The first-order chi connectivity index (χ1) is 19.8. The first-order valence-electron chi connectivity index (χ1n) is 14.0. The molecular weight excluding hydrogens is 532 g/mol. The van der Waals surface area contributed by atoms with Crippen molar-refractivity contribution in [2.75, 3.05) is 6.54 Å². The zero-order valence-electron chi connectivity index (χ0n) is 25.0. The number of carbonyl (C=O) groups is 3. The molecule has 0 fully saturated rings. The highest BCUT2D eigenvalue weighted by atomic mass is 16.4. The van der Waals surface area contributed by atoms with Crippen molar-refractivity contribution < 1.29 is 24.6 Å². The quantitative estimate of drug-likeness (QED) is 0.221. The Bertz CT molecular complexity index is 1390. The molecule has 3 aromatic rings. The van der Waals surface area contributed by atoms with Gasteiger partial charge in [-0.25, -0.2) is 4.79 Å². The second-order valence-electron chi connectivity index (χ2n) is 11.4. The summed E-state index contributed by atoms with van der Waals surface area (Å²) in [5, 5.41) is 26.0. The monoisotopic (exact) mass is 574 g/mol. The van der Waals surface area contributed by atoms with E-state index < -0.39 is 29.6 Å². The van der Waals surface area contributed by atoms with Crippen LogP contribution in [0.4, 0.5) is 4.79 Å². The predicted molar refractivity (Wildman–Crippen MR) is 163 cm³/mol. The van der Waals surface area contributed by atoms with Gasteiger partial charge in [-0.15, -0.1) is 0 Å². The highest BCUT2D eigenvalue weighted by Crippen LogP contribution is 2.27. The van der Waals surface area contributed by atoms with Gasteiger partial charge in [0.25, 0.3) is 0 Å². The molecular formula is C33H42N4O5. The fourth-order valence-corrected chi connectivity index (χ4v) is 4.91. The van der Waals surface area contributed by atoms with E-state index in [1.54, 1.807) is 19.9 Å². The molecule has 224 valence electrons. The van der Waals surface area contributed by atoms with E-state index in [1.807, 2.05) is 81.4 Å². The average Bonchev–Trinajstić information content (AvgIpc) is 2.95. The molecule has 6 N–H and O–H groups in total. The molecule has 0 heterocycles. The lowest BCUT2D eigenvalue weighted by molar-refractivity contribution is -0.127. The van der Waals surface area contributed by atoms with Gasteiger partial charge in [-0.3, -0.25) is 14.5 Å². The van der Waals surface area contributed by atoms with Crippen LogP contribution in [-0.4, -0.2) is 57.2 Å². The van der Waals surface area contributed by atoms with Crippen LogP contribution in [0.25, 0.3) is 0 Å². The number of nitrogens with zero attached hydrogens (tertiary/aromatic N) is 1. The van der Waals surface area contributed by atoms with E-state index in [0.717, 1.165) is 38.3 Å². The number of amides is 3. The largest absolute Gasteiger partial charge is 0.508 e. The Labute approximate surface area is 247 Å². The lowest BCUT2D eigenvalue weighted by Crippen LogP contribution is -2.58. The van der Waals surface area contributed by atoms with Crippen LogP contribution in [0, 0.1) is 20.8 Å². The molecule has 0 spiro atoms. The molecule has 0 saturated heterocycles. The van der Waals surface area contributed by atoms with E-state index in [2.05, 4.69) is 10.6 Å². The van der Waals surface area contributed by atoms with Crippen molar-refractivity contribution in [1.29, 1.82) is 0 Å². The molecule has 3 amide bonds. The maximum absolute atomic E-state index is 13.6. The molecule has 42 heavy (non-hydrogen) atoms. The van der Waals surface area contributed by atoms with Crippen LogP contribution in [0.2, 0.25) is 0 Å². The van der Waals surface area contributed by atoms with E-state index in [4.69, 9.17) is 5.73 Å². The summed E-state index contributed by atoms with van der Waals surface area (Å²) >= 11 is 0. The molecule has 2 atom stereocenters. The van der Waals surface area contributed by atoms with Gasteiger partial charge in [0.15, 0.2) is 0 Å². The highest BCUT2D eigenvalue weighted by molar-refractivity contribution is 5.86.